The molecule has 0 N–H and O–H groups in total. The molecule has 0 aliphatic rings. The van der Waals surface area contributed by atoms with Crippen molar-refractivity contribution in [2.75, 3.05) is 0 Å². The minimum absolute atomic E-state index is 0.272. The van der Waals surface area contributed by atoms with E-state index in [9.17, 15) is 4.79 Å². The second-order valence-corrected chi connectivity index (χ2v) is 5.76. The maximum absolute atomic E-state index is 11.4. The first-order chi connectivity index (χ1) is 11.7. The predicted molar refractivity (Wildman–Crippen MR) is 88.2 cm³/mol. The van der Waals surface area contributed by atoms with Gasteiger partial charge in [0.15, 0.2) is 5.16 Å². The van der Waals surface area contributed by atoms with E-state index >= 15 is 0 Å². The molecule has 0 radical (unpaired) electrons. The molecule has 3 aromatic rings. The Hall–Kier alpha value is -2.92. The Balaban J connectivity index is 1.73. The fourth-order valence-electron chi connectivity index (χ4n) is 2.01. The van der Waals surface area contributed by atoms with Crippen LogP contribution in [0.15, 0.2) is 50.9 Å². The molecule has 0 amide bonds. The normalized spacial score (nSPS) is 10.5. The zero-order valence-corrected chi connectivity index (χ0v) is 13.7. The van der Waals surface area contributed by atoms with Crippen molar-refractivity contribution in [2.24, 2.45) is 0 Å². The Morgan fingerprint density at radius 3 is 2.75 bits per heavy atom. The van der Waals surface area contributed by atoms with Gasteiger partial charge in [0.1, 0.15) is 0 Å². The van der Waals surface area contributed by atoms with E-state index in [1.807, 2.05) is 11.5 Å². The second kappa shape index (κ2) is 7.10. The number of aromatic nitrogens is 4. The highest BCUT2D eigenvalue weighted by molar-refractivity contribution is 7.98. The number of hydrogen-bond donors (Lipinski definition) is 0. The van der Waals surface area contributed by atoms with E-state index in [0.717, 1.165) is 12.1 Å². The van der Waals surface area contributed by atoms with E-state index in [1.54, 1.807) is 30.5 Å². The van der Waals surface area contributed by atoms with Crippen LogP contribution in [0.4, 0.5) is 0 Å². The molecule has 2 heterocycles. The number of rotatable bonds is 5. The molecule has 8 heteroatoms. The lowest BCUT2D eigenvalue weighted by atomic mass is 10.1. The highest BCUT2D eigenvalue weighted by Gasteiger charge is 2.11. The molecule has 7 nitrogen and oxygen atoms in total. The largest absolute Gasteiger partial charge is 0.420 e. The Morgan fingerprint density at radius 1 is 1.25 bits per heavy atom. The van der Waals surface area contributed by atoms with Crippen molar-refractivity contribution in [1.82, 2.24) is 19.7 Å². The lowest BCUT2D eigenvalue weighted by molar-refractivity contribution is 0.527. The fourth-order valence-corrected chi connectivity index (χ4v) is 2.89. The fraction of sp³-hybridized carbons (Fsp3) is 0.188. The summed E-state index contributed by atoms with van der Waals surface area (Å²) in [5.41, 5.74) is 1.05. The van der Waals surface area contributed by atoms with Crippen molar-refractivity contribution < 1.29 is 4.42 Å². The monoisotopic (exact) mass is 339 g/mol. The van der Waals surface area contributed by atoms with Crippen molar-refractivity contribution in [1.29, 1.82) is 5.26 Å². The molecule has 0 unspecified atom stereocenters. The van der Waals surface area contributed by atoms with Gasteiger partial charge in [0, 0.05) is 24.4 Å². The lowest BCUT2D eigenvalue weighted by Gasteiger charge is -2.07. The smallest absolute Gasteiger partial charge is 0.273 e. The average Bonchev–Trinajstić information content (AvgIpc) is 3.09. The molecule has 0 atom stereocenters. The maximum atomic E-state index is 11.4. The van der Waals surface area contributed by atoms with Gasteiger partial charge in [-0.25, -0.2) is 0 Å². The van der Waals surface area contributed by atoms with Crippen molar-refractivity contribution in [3.63, 3.8) is 0 Å². The van der Waals surface area contributed by atoms with Gasteiger partial charge in [0.25, 0.3) is 5.56 Å². The van der Waals surface area contributed by atoms with Crippen molar-refractivity contribution in [3.8, 4) is 17.5 Å². The molecule has 0 aliphatic carbocycles. The van der Waals surface area contributed by atoms with Gasteiger partial charge in [-0.05, 0) is 31.2 Å². The molecule has 1 aromatic carbocycles. The van der Waals surface area contributed by atoms with E-state index in [-0.39, 0.29) is 5.56 Å². The molecular formula is C16H13N5O2S. The molecular weight excluding hydrogens is 326 g/mol. The Morgan fingerprint density at radius 2 is 2.04 bits per heavy atom. The summed E-state index contributed by atoms with van der Waals surface area (Å²) in [6, 6.07) is 10.4. The number of nitrogens with zero attached hydrogens (tertiary/aromatic N) is 5. The van der Waals surface area contributed by atoms with Crippen molar-refractivity contribution in [2.45, 2.75) is 24.4 Å². The van der Waals surface area contributed by atoms with E-state index in [4.69, 9.17) is 9.68 Å². The second-order valence-electron chi connectivity index (χ2n) is 4.81. The number of nitriles is 1. The highest BCUT2D eigenvalue weighted by atomic mass is 32.2. The third kappa shape index (κ3) is 3.52. The maximum Gasteiger partial charge on any atom is 0.273 e. The molecule has 0 aliphatic heterocycles. The third-order valence-corrected chi connectivity index (χ3v) is 4.22. The SMILES string of the molecule is CCn1ccc(=O)nc1SCc1nnc(-c2ccc(C#N)cc2)o1. The standard InChI is InChI=1S/C16H13N5O2S/c1-2-21-8-7-13(22)18-16(21)24-10-14-19-20-15(23-14)12-5-3-11(9-17)4-6-12/h3-8H,2,10H2,1H3. The van der Waals surface area contributed by atoms with Crippen molar-refractivity contribution in [3.05, 3.63) is 58.3 Å². The topological polar surface area (TPSA) is 97.6 Å². The molecule has 0 saturated carbocycles. The quantitative estimate of drug-likeness (QED) is 0.520. The van der Waals surface area contributed by atoms with Crippen LogP contribution < -0.4 is 5.56 Å². The van der Waals surface area contributed by atoms with Crippen LogP contribution in [0.5, 0.6) is 0 Å². The molecule has 0 bridgehead atoms. The first-order valence-electron chi connectivity index (χ1n) is 7.23. The molecule has 2 aromatic heterocycles. The van der Waals surface area contributed by atoms with Gasteiger partial charge >= 0.3 is 0 Å². The van der Waals surface area contributed by atoms with Crippen LogP contribution in [0.25, 0.3) is 11.5 Å². The number of aryl methyl sites for hydroxylation is 1. The minimum Gasteiger partial charge on any atom is -0.420 e. The van der Waals surface area contributed by atoms with E-state index in [0.29, 0.717) is 28.3 Å². The zero-order chi connectivity index (χ0) is 16.9. The Kier molecular flexibility index (Phi) is 4.72. The molecule has 0 saturated heterocycles. The third-order valence-electron chi connectivity index (χ3n) is 3.24. The van der Waals surface area contributed by atoms with Gasteiger partial charge in [-0.3, -0.25) is 4.79 Å². The van der Waals surface area contributed by atoms with Gasteiger partial charge in [-0.15, -0.1) is 10.2 Å². The van der Waals surface area contributed by atoms with Gasteiger partial charge in [0.2, 0.25) is 11.8 Å². The van der Waals surface area contributed by atoms with E-state index in [2.05, 4.69) is 21.3 Å². The summed E-state index contributed by atoms with van der Waals surface area (Å²) < 4.78 is 7.51. The van der Waals surface area contributed by atoms with E-state index in [1.165, 1.54) is 17.8 Å². The summed E-state index contributed by atoms with van der Waals surface area (Å²) in [6.07, 6.45) is 1.72. The molecule has 3 rings (SSSR count). The summed E-state index contributed by atoms with van der Waals surface area (Å²) in [7, 11) is 0. The van der Waals surface area contributed by atoms with Crippen LogP contribution >= 0.6 is 11.8 Å². The highest BCUT2D eigenvalue weighted by Crippen LogP contribution is 2.23. The summed E-state index contributed by atoms with van der Waals surface area (Å²) in [5.74, 6) is 1.25. The van der Waals surface area contributed by atoms with Crippen LogP contribution in [-0.4, -0.2) is 19.7 Å². The summed E-state index contributed by atoms with van der Waals surface area (Å²) in [6.45, 7) is 2.70. The van der Waals surface area contributed by atoms with Gasteiger partial charge in [-0.1, -0.05) is 11.8 Å². The lowest BCUT2D eigenvalue weighted by Crippen LogP contribution is -2.12. The van der Waals surface area contributed by atoms with Crippen molar-refractivity contribution >= 4 is 11.8 Å². The average molecular weight is 339 g/mol. The van der Waals surface area contributed by atoms with Gasteiger partial charge in [-0.2, -0.15) is 10.2 Å². The van der Waals surface area contributed by atoms with Crippen LogP contribution in [-0.2, 0) is 12.3 Å². The van der Waals surface area contributed by atoms with E-state index < -0.39 is 0 Å². The molecule has 24 heavy (non-hydrogen) atoms. The van der Waals surface area contributed by atoms with Gasteiger partial charge in [0.05, 0.1) is 17.4 Å². The first-order valence-corrected chi connectivity index (χ1v) is 8.21. The Labute approximate surface area is 142 Å². The summed E-state index contributed by atoms with van der Waals surface area (Å²) >= 11 is 1.37. The zero-order valence-electron chi connectivity index (χ0n) is 12.8. The molecule has 120 valence electrons. The minimum atomic E-state index is -0.272. The van der Waals surface area contributed by atoms with Crippen LogP contribution in [0.2, 0.25) is 0 Å². The summed E-state index contributed by atoms with van der Waals surface area (Å²) in [5, 5.41) is 17.4. The van der Waals surface area contributed by atoms with Crippen LogP contribution in [0, 0.1) is 11.3 Å². The Bertz CT molecular complexity index is 940. The predicted octanol–water partition coefficient (Wildman–Crippen LogP) is 2.48. The number of hydrogen-bond acceptors (Lipinski definition) is 7. The molecule has 0 fully saturated rings. The summed E-state index contributed by atoms with van der Waals surface area (Å²) in [4.78, 5) is 15.4. The van der Waals surface area contributed by atoms with Gasteiger partial charge < -0.3 is 8.98 Å². The van der Waals surface area contributed by atoms with Crippen LogP contribution in [0.1, 0.15) is 18.4 Å². The number of benzene rings is 1. The first kappa shape index (κ1) is 16.0. The van der Waals surface area contributed by atoms with Crippen LogP contribution in [0.3, 0.4) is 0 Å². The number of thioether (sulfide) groups is 1. The molecule has 0 spiro atoms.